The summed E-state index contributed by atoms with van der Waals surface area (Å²) < 4.78 is 39.0. The summed E-state index contributed by atoms with van der Waals surface area (Å²) in [5.74, 6) is -1.14. The summed E-state index contributed by atoms with van der Waals surface area (Å²) in [5, 5.41) is 11.0. The smallest absolute Gasteiger partial charge is 0.411 e. The van der Waals surface area contributed by atoms with E-state index in [2.05, 4.69) is 16.6 Å². The minimum absolute atomic E-state index is 0.0186. The molecular formula is C8H12F3NO3. The Morgan fingerprint density at radius 3 is 2.53 bits per heavy atom. The molecule has 0 heterocycles. The minimum Gasteiger partial charge on any atom is -0.478 e. The zero-order chi connectivity index (χ0) is 11.9. The van der Waals surface area contributed by atoms with Gasteiger partial charge in [0.25, 0.3) is 0 Å². The fourth-order valence-electron chi connectivity index (χ4n) is 0.647. The van der Waals surface area contributed by atoms with Gasteiger partial charge >= 0.3 is 12.1 Å². The Hall–Kier alpha value is -1.08. The molecule has 0 amide bonds. The van der Waals surface area contributed by atoms with Gasteiger partial charge in [0.1, 0.15) is 6.61 Å². The first kappa shape index (κ1) is 13.9. The van der Waals surface area contributed by atoms with Gasteiger partial charge in [0.05, 0.1) is 6.61 Å². The van der Waals surface area contributed by atoms with Crippen molar-refractivity contribution >= 4 is 5.97 Å². The van der Waals surface area contributed by atoms with Crippen molar-refractivity contribution in [1.82, 2.24) is 5.32 Å². The van der Waals surface area contributed by atoms with Gasteiger partial charge in [-0.2, -0.15) is 13.2 Å². The first-order chi connectivity index (χ1) is 6.83. The Morgan fingerprint density at radius 2 is 2.07 bits per heavy atom. The van der Waals surface area contributed by atoms with E-state index in [1.807, 2.05) is 0 Å². The van der Waals surface area contributed by atoms with E-state index >= 15 is 0 Å². The Kier molecular flexibility index (Phi) is 5.95. The van der Waals surface area contributed by atoms with Crippen molar-refractivity contribution in [2.24, 2.45) is 0 Å². The quantitative estimate of drug-likeness (QED) is 0.499. The zero-order valence-corrected chi connectivity index (χ0v) is 7.93. The maximum atomic E-state index is 11.6. The Labute approximate surface area is 84.7 Å². The van der Waals surface area contributed by atoms with Crippen molar-refractivity contribution in [3.8, 4) is 0 Å². The first-order valence-electron chi connectivity index (χ1n) is 4.09. The van der Waals surface area contributed by atoms with Gasteiger partial charge in [-0.25, -0.2) is 4.79 Å². The molecule has 15 heavy (non-hydrogen) atoms. The van der Waals surface area contributed by atoms with Gasteiger partial charge in [0, 0.05) is 18.7 Å². The highest BCUT2D eigenvalue weighted by atomic mass is 19.4. The molecule has 0 aliphatic heterocycles. The molecule has 0 fully saturated rings. The Morgan fingerprint density at radius 1 is 1.47 bits per heavy atom. The average Bonchev–Trinajstić information content (AvgIpc) is 2.08. The van der Waals surface area contributed by atoms with Crippen LogP contribution in [0.1, 0.15) is 0 Å². The molecule has 0 aromatic heterocycles. The molecule has 0 aliphatic rings. The Balaban J connectivity index is 3.33. The van der Waals surface area contributed by atoms with E-state index in [0.717, 1.165) is 0 Å². The molecule has 0 aromatic carbocycles. The van der Waals surface area contributed by atoms with Crippen molar-refractivity contribution in [1.29, 1.82) is 0 Å². The van der Waals surface area contributed by atoms with Crippen LogP contribution in [0.4, 0.5) is 13.2 Å². The molecule has 7 heteroatoms. The number of hydrogen-bond donors (Lipinski definition) is 2. The third-order valence-corrected chi connectivity index (χ3v) is 1.33. The van der Waals surface area contributed by atoms with Crippen LogP contribution in [0, 0.1) is 0 Å². The summed E-state index contributed by atoms with van der Waals surface area (Å²) in [7, 11) is 0. The summed E-state index contributed by atoms with van der Waals surface area (Å²) in [5.41, 5.74) is -0.0502. The SMILES string of the molecule is C=C(CNCCOCC(F)(F)F)C(=O)O. The average molecular weight is 227 g/mol. The summed E-state index contributed by atoms with van der Waals surface area (Å²) in [6.07, 6.45) is -4.33. The van der Waals surface area contributed by atoms with Crippen molar-refractivity contribution in [2.45, 2.75) is 6.18 Å². The Bertz CT molecular complexity index is 228. The number of nitrogens with one attached hydrogen (secondary N) is 1. The fourth-order valence-corrected chi connectivity index (χ4v) is 0.647. The van der Waals surface area contributed by atoms with Crippen LogP contribution >= 0.6 is 0 Å². The molecule has 0 saturated heterocycles. The standard InChI is InChI=1S/C8H12F3NO3/c1-6(7(13)14)4-12-2-3-15-5-8(9,10)11/h12H,1-5H2,(H,13,14). The number of alkyl halides is 3. The first-order valence-corrected chi connectivity index (χ1v) is 4.09. The highest BCUT2D eigenvalue weighted by molar-refractivity contribution is 5.86. The summed E-state index contributed by atoms with van der Waals surface area (Å²) in [4.78, 5) is 10.2. The van der Waals surface area contributed by atoms with Crippen LogP contribution in [0.2, 0.25) is 0 Å². The molecule has 0 aliphatic carbocycles. The molecule has 4 nitrogen and oxygen atoms in total. The number of hydrogen-bond acceptors (Lipinski definition) is 3. The molecule has 0 aromatic rings. The maximum absolute atomic E-state index is 11.6. The van der Waals surface area contributed by atoms with Gasteiger partial charge in [0.15, 0.2) is 0 Å². The van der Waals surface area contributed by atoms with Gasteiger partial charge in [0.2, 0.25) is 0 Å². The van der Waals surface area contributed by atoms with E-state index in [1.165, 1.54) is 0 Å². The van der Waals surface area contributed by atoms with Crippen LogP contribution in [-0.2, 0) is 9.53 Å². The molecule has 2 N–H and O–H groups in total. The third kappa shape index (κ3) is 9.23. The molecule has 0 rings (SSSR count). The van der Waals surface area contributed by atoms with Crippen molar-refractivity contribution in [2.75, 3.05) is 26.3 Å². The van der Waals surface area contributed by atoms with Crippen LogP contribution in [0.3, 0.4) is 0 Å². The van der Waals surface area contributed by atoms with Crippen molar-refractivity contribution in [3.63, 3.8) is 0 Å². The third-order valence-electron chi connectivity index (χ3n) is 1.33. The van der Waals surface area contributed by atoms with Crippen LogP contribution in [0.15, 0.2) is 12.2 Å². The predicted octanol–water partition coefficient (Wildman–Crippen LogP) is 0.796. The van der Waals surface area contributed by atoms with Crippen molar-refractivity contribution < 1.29 is 27.8 Å². The molecule has 0 bridgehead atoms. The summed E-state index contributed by atoms with van der Waals surface area (Å²) in [6.45, 7) is 1.96. The number of halogens is 3. The van der Waals surface area contributed by atoms with E-state index in [1.54, 1.807) is 0 Å². The monoisotopic (exact) mass is 227 g/mol. The molecule has 0 radical (unpaired) electrons. The van der Waals surface area contributed by atoms with Crippen LogP contribution in [-0.4, -0.2) is 43.6 Å². The van der Waals surface area contributed by atoms with Crippen LogP contribution in [0.25, 0.3) is 0 Å². The lowest BCUT2D eigenvalue weighted by Gasteiger charge is -2.08. The van der Waals surface area contributed by atoms with E-state index in [0.29, 0.717) is 0 Å². The highest BCUT2D eigenvalue weighted by Crippen LogP contribution is 2.13. The number of carbonyl (C=O) groups is 1. The predicted molar refractivity (Wildman–Crippen MR) is 46.5 cm³/mol. The van der Waals surface area contributed by atoms with E-state index in [-0.39, 0.29) is 25.3 Å². The van der Waals surface area contributed by atoms with Crippen LogP contribution < -0.4 is 5.32 Å². The summed E-state index contributed by atoms with van der Waals surface area (Å²) >= 11 is 0. The lowest BCUT2D eigenvalue weighted by molar-refractivity contribution is -0.173. The maximum Gasteiger partial charge on any atom is 0.411 e. The zero-order valence-electron chi connectivity index (χ0n) is 7.93. The second-order valence-corrected chi connectivity index (χ2v) is 2.75. The second-order valence-electron chi connectivity index (χ2n) is 2.75. The number of carboxylic acids is 1. The van der Waals surface area contributed by atoms with E-state index < -0.39 is 18.8 Å². The lowest BCUT2D eigenvalue weighted by Crippen LogP contribution is -2.26. The van der Waals surface area contributed by atoms with Gasteiger partial charge in [-0.3, -0.25) is 0 Å². The molecule has 0 atom stereocenters. The molecular weight excluding hydrogens is 215 g/mol. The molecule has 0 spiro atoms. The topological polar surface area (TPSA) is 58.6 Å². The van der Waals surface area contributed by atoms with E-state index in [4.69, 9.17) is 5.11 Å². The van der Waals surface area contributed by atoms with Crippen LogP contribution in [0.5, 0.6) is 0 Å². The van der Waals surface area contributed by atoms with Crippen molar-refractivity contribution in [3.05, 3.63) is 12.2 Å². The molecule has 88 valence electrons. The van der Waals surface area contributed by atoms with E-state index in [9.17, 15) is 18.0 Å². The fraction of sp³-hybridized carbons (Fsp3) is 0.625. The largest absolute Gasteiger partial charge is 0.478 e. The lowest BCUT2D eigenvalue weighted by atomic mass is 10.3. The molecule has 0 unspecified atom stereocenters. The highest BCUT2D eigenvalue weighted by Gasteiger charge is 2.27. The minimum atomic E-state index is -4.33. The normalized spacial score (nSPS) is 11.4. The van der Waals surface area contributed by atoms with Gasteiger partial charge in [-0.15, -0.1) is 0 Å². The van der Waals surface area contributed by atoms with Gasteiger partial charge < -0.3 is 15.2 Å². The number of rotatable bonds is 7. The number of carboxylic acid groups (broad SMARTS) is 1. The summed E-state index contributed by atoms with van der Waals surface area (Å²) in [6, 6.07) is 0. The second kappa shape index (κ2) is 6.41. The van der Waals surface area contributed by atoms with Gasteiger partial charge in [-0.1, -0.05) is 6.58 Å². The number of aliphatic carboxylic acids is 1. The number of ether oxygens (including phenoxy) is 1. The van der Waals surface area contributed by atoms with Gasteiger partial charge in [-0.05, 0) is 0 Å². The molecule has 0 saturated carbocycles.